The molecule has 0 aliphatic carbocycles. The highest BCUT2D eigenvalue weighted by atomic mass is 16.4. The Labute approximate surface area is 104 Å². The van der Waals surface area contributed by atoms with Gasteiger partial charge in [-0.1, -0.05) is 30.3 Å². The summed E-state index contributed by atoms with van der Waals surface area (Å²) in [6, 6.07) is 9.38. The summed E-state index contributed by atoms with van der Waals surface area (Å²) in [4.78, 5) is 34.9. The summed E-state index contributed by atoms with van der Waals surface area (Å²) in [7, 11) is 0. The van der Waals surface area contributed by atoms with Crippen molar-refractivity contribution in [1.82, 2.24) is 4.90 Å². The van der Waals surface area contributed by atoms with Gasteiger partial charge in [0.15, 0.2) is 0 Å². The molecule has 5 heteroatoms. The number of amides is 2. The van der Waals surface area contributed by atoms with E-state index in [0.29, 0.717) is 6.42 Å². The fourth-order valence-electron chi connectivity index (χ4n) is 2.11. The van der Waals surface area contributed by atoms with Crippen LogP contribution in [0.25, 0.3) is 0 Å². The van der Waals surface area contributed by atoms with E-state index in [1.54, 1.807) is 0 Å². The highest BCUT2D eigenvalue weighted by Crippen LogP contribution is 2.23. The molecule has 0 spiro atoms. The van der Waals surface area contributed by atoms with Crippen LogP contribution in [-0.2, 0) is 20.8 Å². The third-order valence-corrected chi connectivity index (χ3v) is 2.96. The third-order valence-electron chi connectivity index (χ3n) is 2.96. The lowest BCUT2D eigenvalue weighted by molar-refractivity contribution is -0.149. The van der Waals surface area contributed by atoms with Crippen LogP contribution in [0, 0.1) is 5.92 Å². The molecule has 1 aliphatic heterocycles. The number of imide groups is 1. The number of carboxylic acid groups (broad SMARTS) is 1. The average molecular weight is 247 g/mol. The number of carboxylic acids is 1. The van der Waals surface area contributed by atoms with E-state index in [2.05, 4.69) is 0 Å². The molecule has 2 rings (SSSR count). The first kappa shape index (κ1) is 12.3. The van der Waals surface area contributed by atoms with Crippen LogP contribution in [0.4, 0.5) is 0 Å². The van der Waals surface area contributed by atoms with Crippen molar-refractivity contribution in [2.24, 2.45) is 5.92 Å². The van der Waals surface area contributed by atoms with E-state index < -0.39 is 24.3 Å². The van der Waals surface area contributed by atoms with Crippen LogP contribution < -0.4 is 0 Å². The van der Waals surface area contributed by atoms with Gasteiger partial charge in [-0.15, -0.1) is 0 Å². The molecule has 1 atom stereocenters. The quantitative estimate of drug-likeness (QED) is 0.794. The molecule has 1 aromatic rings. The molecular weight excluding hydrogens is 234 g/mol. The molecule has 0 bridgehead atoms. The molecule has 0 unspecified atom stereocenters. The number of hydrogen-bond acceptors (Lipinski definition) is 3. The maximum atomic E-state index is 11.9. The van der Waals surface area contributed by atoms with Crippen molar-refractivity contribution in [1.29, 1.82) is 0 Å². The standard InChI is InChI=1S/C13H13NO4/c15-11-7-10(6-9-4-2-1-3-5-9)13(18)14(11)8-12(16)17/h1-5,10H,6-8H2,(H,16,17)/t10-/m1/s1. The van der Waals surface area contributed by atoms with E-state index in [4.69, 9.17) is 5.11 Å². The minimum Gasteiger partial charge on any atom is -0.480 e. The monoisotopic (exact) mass is 247 g/mol. The number of carbonyl (C=O) groups excluding carboxylic acids is 2. The van der Waals surface area contributed by atoms with Gasteiger partial charge in [0, 0.05) is 6.42 Å². The zero-order valence-corrected chi connectivity index (χ0v) is 9.70. The molecule has 2 amide bonds. The summed E-state index contributed by atoms with van der Waals surface area (Å²) in [5.74, 6) is -2.38. The van der Waals surface area contributed by atoms with E-state index in [-0.39, 0.29) is 12.3 Å². The largest absolute Gasteiger partial charge is 0.480 e. The lowest BCUT2D eigenvalue weighted by atomic mass is 9.98. The summed E-state index contributed by atoms with van der Waals surface area (Å²) < 4.78 is 0. The van der Waals surface area contributed by atoms with Crippen LogP contribution in [0.2, 0.25) is 0 Å². The van der Waals surface area contributed by atoms with E-state index in [0.717, 1.165) is 10.5 Å². The second kappa shape index (κ2) is 5.00. The SMILES string of the molecule is O=C(O)CN1C(=O)C[C@@H](Cc2ccccc2)C1=O. The van der Waals surface area contributed by atoms with Crippen molar-refractivity contribution in [2.75, 3.05) is 6.54 Å². The molecule has 0 radical (unpaired) electrons. The zero-order chi connectivity index (χ0) is 13.1. The molecule has 18 heavy (non-hydrogen) atoms. The van der Waals surface area contributed by atoms with E-state index >= 15 is 0 Å². The number of aliphatic carboxylic acids is 1. The van der Waals surface area contributed by atoms with Crippen LogP contribution in [0.15, 0.2) is 30.3 Å². The number of benzene rings is 1. The van der Waals surface area contributed by atoms with Gasteiger partial charge in [0.05, 0.1) is 5.92 Å². The van der Waals surface area contributed by atoms with Crippen molar-refractivity contribution < 1.29 is 19.5 Å². The van der Waals surface area contributed by atoms with Gasteiger partial charge in [0.1, 0.15) is 6.54 Å². The van der Waals surface area contributed by atoms with Gasteiger partial charge in [-0.3, -0.25) is 19.3 Å². The minimum absolute atomic E-state index is 0.0982. The van der Waals surface area contributed by atoms with Gasteiger partial charge in [-0.05, 0) is 12.0 Å². The molecular formula is C13H13NO4. The van der Waals surface area contributed by atoms with Gasteiger partial charge < -0.3 is 5.11 Å². The normalized spacial score (nSPS) is 19.3. The first-order chi connectivity index (χ1) is 8.58. The van der Waals surface area contributed by atoms with Crippen LogP contribution >= 0.6 is 0 Å². The van der Waals surface area contributed by atoms with Crippen LogP contribution in [0.5, 0.6) is 0 Å². The Morgan fingerprint density at radius 3 is 2.56 bits per heavy atom. The third kappa shape index (κ3) is 2.56. The Morgan fingerprint density at radius 1 is 1.28 bits per heavy atom. The molecule has 5 nitrogen and oxygen atoms in total. The summed E-state index contributed by atoms with van der Waals surface area (Å²) in [5, 5.41) is 8.64. The lowest BCUT2D eigenvalue weighted by Gasteiger charge is -2.12. The van der Waals surface area contributed by atoms with Gasteiger partial charge in [0.25, 0.3) is 0 Å². The van der Waals surface area contributed by atoms with Crippen molar-refractivity contribution in [3.05, 3.63) is 35.9 Å². The molecule has 0 saturated carbocycles. The summed E-state index contributed by atoms with van der Waals surface area (Å²) in [5.41, 5.74) is 0.973. The molecule has 0 aromatic heterocycles. The number of hydrogen-bond donors (Lipinski definition) is 1. The minimum atomic E-state index is -1.17. The second-order valence-corrected chi connectivity index (χ2v) is 4.30. The summed E-state index contributed by atoms with van der Waals surface area (Å²) in [6.45, 7) is -0.539. The first-order valence-corrected chi connectivity index (χ1v) is 5.68. The molecule has 1 fully saturated rings. The van der Waals surface area contributed by atoms with Crippen molar-refractivity contribution in [2.45, 2.75) is 12.8 Å². The smallest absolute Gasteiger partial charge is 0.323 e. The first-order valence-electron chi connectivity index (χ1n) is 5.68. The predicted octanol–water partition coefficient (Wildman–Crippen LogP) is 0.689. The zero-order valence-electron chi connectivity index (χ0n) is 9.70. The second-order valence-electron chi connectivity index (χ2n) is 4.30. The molecule has 1 heterocycles. The van der Waals surface area contributed by atoms with Gasteiger partial charge in [0.2, 0.25) is 11.8 Å². The molecule has 94 valence electrons. The highest BCUT2D eigenvalue weighted by molar-refractivity contribution is 6.05. The van der Waals surface area contributed by atoms with E-state index in [1.165, 1.54) is 0 Å². The van der Waals surface area contributed by atoms with Crippen LogP contribution in [-0.4, -0.2) is 34.3 Å². The average Bonchev–Trinajstić information content (AvgIpc) is 2.58. The van der Waals surface area contributed by atoms with E-state index in [9.17, 15) is 14.4 Å². The Kier molecular flexibility index (Phi) is 3.41. The molecule has 1 saturated heterocycles. The van der Waals surface area contributed by atoms with Gasteiger partial charge >= 0.3 is 5.97 Å². The van der Waals surface area contributed by atoms with Crippen LogP contribution in [0.1, 0.15) is 12.0 Å². The topological polar surface area (TPSA) is 74.7 Å². The van der Waals surface area contributed by atoms with Crippen LogP contribution in [0.3, 0.4) is 0 Å². The summed E-state index contributed by atoms with van der Waals surface area (Å²) >= 11 is 0. The maximum Gasteiger partial charge on any atom is 0.323 e. The fourth-order valence-corrected chi connectivity index (χ4v) is 2.11. The van der Waals surface area contributed by atoms with Crippen molar-refractivity contribution in [3.8, 4) is 0 Å². The van der Waals surface area contributed by atoms with E-state index in [1.807, 2.05) is 30.3 Å². The number of rotatable bonds is 4. The van der Waals surface area contributed by atoms with Crippen molar-refractivity contribution in [3.63, 3.8) is 0 Å². The Bertz CT molecular complexity index is 483. The molecule has 1 N–H and O–H groups in total. The Balaban J connectivity index is 2.06. The summed E-state index contributed by atoms with van der Waals surface area (Å²) in [6.07, 6.45) is 0.572. The fraction of sp³-hybridized carbons (Fsp3) is 0.308. The predicted molar refractivity (Wildman–Crippen MR) is 62.6 cm³/mol. The maximum absolute atomic E-state index is 11.9. The number of likely N-dealkylation sites (tertiary alicyclic amines) is 1. The molecule has 1 aromatic carbocycles. The number of nitrogens with zero attached hydrogens (tertiary/aromatic N) is 1. The highest BCUT2D eigenvalue weighted by Gasteiger charge is 2.39. The van der Waals surface area contributed by atoms with Gasteiger partial charge in [-0.2, -0.15) is 0 Å². The number of carbonyl (C=O) groups is 3. The molecule has 1 aliphatic rings. The Hall–Kier alpha value is -2.17. The Morgan fingerprint density at radius 2 is 1.94 bits per heavy atom. The van der Waals surface area contributed by atoms with Gasteiger partial charge in [-0.25, -0.2) is 0 Å². The van der Waals surface area contributed by atoms with Crippen molar-refractivity contribution >= 4 is 17.8 Å². The lowest BCUT2D eigenvalue weighted by Crippen LogP contribution is -2.35.